The Hall–Kier alpha value is -2.43. The van der Waals surface area contributed by atoms with Crippen LogP contribution in [-0.2, 0) is 6.42 Å². The third kappa shape index (κ3) is 3.78. The van der Waals surface area contributed by atoms with Crippen molar-refractivity contribution in [3.63, 3.8) is 0 Å². The summed E-state index contributed by atoms with van der Waals surface area (Å²) in [5.41, 5.74) is 2.48. The van der Waals surface area contributed by atoms with Gasteiger partial charge >= 0.3 is 0 Å². The fourth-order valence-electron chi connectivity index (χ4n) is 2.01. The van der Waals surface area contributed by atoms with Crippen molar-refractivity contribution in [2.75, 3.05) is 11.9 Å². The van der Waals surface area contributed by atoms with Crippen molar-refractivity contribution >= 4 is 11.4 Å². The van der Waals surface area contributed by atoms with Crippen molar-refractivity contribution < 1.29 is 9.31 Å². The van der Waals surface area contributed by atoms with Crippen molar-refractivity contribution in [1.82, 2.24) is 0 Å². The minimum atomic E-state index is -0.412. The lowest BCUT2D eigenvalue weighted by molar-refractivity contribution is -0.384. The highest BCUT2D eigenvalue weighted by molar-refractivity contribution is 5.53. The zero-order chi connectivity index (χ0) is 14.5. The summed E-state index contributed by atoms with van der Waals surface area (Å²) in [6, 6.07) is 11.3. The number of nitro benzene ring substituents is 1. The van der Waals surface area contributed by atoms with Gasteiger partial charge in [0, 0.05) is 24.4 Å². The monoisotopic (exact) mass is 274 g/mol. The van der Waals surface area contributed by atoms with Crippen LogP contribution in [0.25, 0.3) is 0 Å². The molecule has 0 aliphatic carbocycles. The molecule has 0 heterocycles. The van der Waals surface area contributed by atoms with Crippen LogP contribution in [0.5, 0.6) is 0 Å². The Balaban J connectivity index is 1.99. The number of nitrogens with one attached hydrogen (secondary N) is 1. The first kappa shape index (κ1) is 14.0. The van der Waals surface area contributed by atoms with Crippen LogP contribution in [0.15, 0.2) is 42.5 Å². The standard InChI is InChI=1S/C15H15FN2O2/c1-11-7-14(10-15(8-11)18(19)20)17-6-5-12-3-2-4-13(16)9-12/h2-4,7-10,17H,5-6H2,1H3. The second-order valence-corrected chi connectivity index (χ2v) is 4.62. The van der Waals surface area contributed by atoms with Crippen molar-refractivity contribution in [3.05, 3.63) is 69.5 Å². The lowest BCUT2D eigenvalue weighted by Crippen LogP contribution is -2.05. The van der Waals surface area contributed by atoms with E-state index in [1.165, 1.54) is 24.3 Å². The smallest absolute Gasteiger partial charge is 0.271 e. The highest BCUT2D eigenvalue weighted by atomic mass is 19.1. The van der Waals surface area contributed by atoms with Crippen molar-refractivity contribution in [3.8, 4) is 0 Å². The number of hydrogen-bond acceptors (Lipinski definition) is 3. The molecule has 0 amide bonds. The summed E-state index contributed by atoms with van der Waals surface area (Å²) in [4.78, 5) is 10.4. The molecule has 104 valence electrons. The largest absolute Gasteiger partial charge is 0.385 e. The Morgan fingerprint density at radius 2 is 2.05 bits per heavy atom. The van der Waals surface area contributed by atoms with Gasteiger partial charge < -0.3 is 5.32 Å². The van der Waals surface area contributed by atoms with E-state index in [0.717, 1.165) is 11.1 Å². The van der Waals surface area contributed by atoms with E-state index in [1.807, 2.05) is 19.1 Å². The van der Waals surface area contributed by atoms with E-state index in [2.05, 4.69) is 5.32 Å². The average molecular weight is 274 g/mol. The molecule has 0 aliphatic heterocycles. The number of non-ortho nitro benzene ring substituents is 1. The van der Waals surface area contributed by atoms with Gasteiger partial charge in [0.05, 0.1) is 4.92 Å². The van der Waals surface area contributed by atoms with E-state index < -0.39 is 4.92 Å². The fraction of sp³-hybridized carbons (Fsp3) is 0.200. The van der Waals surface area contributed by atoms with E-state index in [9.17, 15) is 14.5 Å². The molecule has 20 heavy (non-hydrogen) atoms. The van der Waals surface area contributed by atoms with Gasteiger partial charge in [-0.15, -0.1) is 0 Å². The average Bonchev–Trinajstić information content (AvgIpc) is 2.38. The summed E-state index contributed by atoms with van der Waals surface area (Å²) < 4.78 is 13.0. The molecule has 2 aromatic rings. The van der Waals surface area contributed by atoms with E-state index in [0.29, 0.717) is 18.7 Å². The number of benzene rings is 2. The Labute approximate surface area is 116 Å². The quantitative estimate of drug-likeness (QED) is 0.668. The number of nitrogens with zero attached hydrogens (tertiary/aromatic N) is 1. The van der Waals surface area contributed by atoms with E-state index in [4.69, 9.17) is 0 Å². The van der Waals surface area contributed by atoms with Crippen LogP contribution in [0.4, 0.5) is 15.8 Å². The number of hydrogen-bond donors (Lipinski definition) is 1. The summed E-state index contributed by atoms with van der Waals surface area (Å²) in [5, 5.41) is 13.9. The third-order valence-corrected chi connectivity index (χ3v) is 2.90. The molecule has 0 saturated carbocycles. The maximum Gasteiger partial charge on any atom is 0.271 e. The van der Waals surface area contributed by atoms with Crippen LogP contribution in [0.3, 0.4) is 0 Å². The highest BCUT2D eigenvalue weighted by Gasteiger charge is 2.07. The Morgan fingerprint density at radius 1 is 1.25 bits per heavy atom. The SMILES string of the molecule is Cc1cc(NCCc2cccc(F)c2)cc([N+](=O)[O-])c1. The molecule has 0 unspecified atom stereocenters. The fourth-order valence-corrected chi connectivity index (χ4v) is 2.01. The zero-order valence-corrected chi connectivity index (χ0v) is 11.1. The number of halogens is 1. The second kappa shape index (κ2) is 6.14. The molecule has 0 bridgehead atoms. The van der Waals surface area contributed by atoms with Crippen LogP contribution in [0, 0.1) is 22.9 Å². The molecule has 0 atom stereocenters. The number of aryl methyl sites for hydroxylation is 1. The van der Waals surface area contributed by atoms with Crippen molar-refractivity contribution in [1.29, 1.82) is 0 Å². The van der Waals surface area contributed by atoms with Crippen LogP contribution in [0.2, 0.25) is 0 Å². The Morgan fingerprint density at radius 3 is 2.75 bits per heavy atom. The topological polar surface area (TPSA) is 55.2 Å². The van der Waals surface area contributed by atoms with Crippen molar-refractivity contribution in [2.45, 2.75) is 13.3 Å². The molecular formula is C15H15FN2O2. The predicted octanol–water partition coefficient (Wildman–Crippen LogP) is 3.70. The molecule has 0 radical (unpaired) electrons. The number of anilines is 1. The first-order valence-electron chi connectivity index (χ1n) is 6.29. The molecule has 0 aromatic heterocycles. The van der Waals surface area contributed by atoms with Gasteiger partial charge in [-0.1, -0.05) is 12.1 Å². The lowest BCUT2D eigenvalue weighted by Gasteiger charge is -2.07. The van der Waals surface area contributed by atoms with Crippen LogP contribution in [-0.4, -0.2) is 11.5 Å². The molecule has 2 rings (SSSR count). The molecular weight excluding hydrogens is 259 g/mol. The number of rotatable bonds is 5. The second-order valence-electron chi connectivity index (χ2n) is 4.62. The third-order valence-electron chi connectivity index (χ3n) is 2.90. The summed E-state index contributed by atoms with van der Waals surface area (Å²) in [5.74, 6) is -0.256. The van der Waals surface area contributed by atoms with Gasteiger partial charge in [-0.25, -0.2) is 4.39 Å². The van der Waals surface area contributed by atoms with Gasteiger partial charge in [-0.3, -0.25) is 10.1 Å². The molecule has 1 N–H and O–H groups in total. The summed E-state index contributed by atoms with van der Waals surface area (Å²) in [6.07, 6.45) is 0.652. The summed E-state index contributed by atoms with van der Waals surface area (Å²) in [6.45, 7) is 2.40. The molecule has 0 saturated heterocycles. The van der Waals surface area contributed by atoms with Gasteiger partial charge in [0.15, 0.2) is 0 Å². The van der Waals surface area contributed by atoms with Crippen LogP contribution in [0.1, 0.15) is 11.1 Å². The zero-order valence-electron chi connectivity index (χ0n) is 11.1. The van der Waals surface area contributed by atoms with Gasteiger partial charge in [-0.05, 0) is 42.7 Å². The summed E-state index contributed by atoms with van der Waals surface area (Å²) in [7, 11) is 0. The van der Waals surface area contributed by atoms with Crippen molar-refractivity contribution in [2.24, 2.45) is 0 Å². The Bertz CT molecular complexity index is 629. The normalized spacial score (nSPS) is 10.3. The first-order valence-corrected chi connectivity index (χ1v) is 6.29. The van der Waals surface area contributed by atoms with Gasteiger partial charge in [0.25, 0.3) is 5.69 Å². The molecule has 4 nitrogen and oxygen atoms in total. The summed E-state index contributed by atoms with van der Waals surface area (Å²) >= 11 is 0. The molecule has 0 aliphatic rings. The predicted molar refractivity (Wildman–Crippen MR) is 76.4 cm³/mol. The van der Waals surface area contributed by atoms with E-state index >= 15 is 0 Å². The Kier molecular flexibility index (Phi) is 4.30. The minimum absolute atomic E-state index is 0.0678. The molecule has 0 spiro atoms. The van der Waals surface area contributed by atoms with Gasteiger partial charge in [0.1, 0.15) is 5.82 Å². The maximum absolute atomic E-state index is 13.0. The number of nitro groups is 1. The van der Waals surface area contributed by atoms with E-state index in [1.54, 1.807) is 6.07 Å². The van der Waals surface area contributed by atoms with Crippen LogP contribution >= 0.6 is 0 Å². The lowest BCUT2D eigenvalue weighted by atomic mass is 10.1. The van der Waals surface area contributed by atoms with Gasteiger partial charge in [-0.2, -0.15) is 0 Å². The maximum atomic E-state index is 13.0. The molecule has 5 heteroatoms. The highest BCUT2D eigenvalue weighted by Crippen LogP contribution is 2.20. The van der Waals surface area contributed by atoms with E-state index in [-0.39, 0.29) is 11.5 Å². The molecule has 2 aromatic carbocycles. The molecule has 0 fully saturated rings. The van der Waals surface area contributed by atoms with Gasteiger partial charge in [0.2, 0.25) is 0 Å². The van der Waals surface area contributed by atoms with Crippen LogP contribution < -0.4 is 5.32 Å². The first-order chi connectivity index (χ1) is 9.54. The minimum Gasteiger partial charge on any atom is -0.385 e.